The van der Waals surface area contributed by atoms with Crippen molar-refractivity contribution in [3.63, 3.8) is 0 Å². The molecule has 7 nitrogen and oxygen atoms in total. The second-order valence-corrected chi connectivity index (χ2v) is 7.43. The monoisotopic (exact) mass is 416 g/mol. The summed E-state index contributed by atoms with van der Waals surface area (Å²) >= 11 is 0. The lowest BCUT2D eigenvalue weighted by molar-refractivity contribution is -0.130. The first-order valence-corrected chi connectivity index (χ1v) is 10.2. The van der Waals surface area contributed by atoms with Gasteiger partial charge in [0, 0.05) is 61.8 Å². The van der Waals surface area contributed by atoms with Crippen molar-refractivity contribution in [1.29, 1.82) is 0 Å². The molecular formula is C24H24N4O3. The number of likely N-dealkylation sites (tertiary alicyclic amines) is 1. The summed E-state index contributed by atoms with van der Waals surface area (Å²) in [6.45, 7) is 3.01. The van der Waals surface area contributed by atoms with Gasteiger partial charge in [-0.2, -0.15) is 0 Å². The summed E-state index contributed by atoms with van der Waals surface area (Å²) in [6.07, 6.45) is 8.83. The first kappa shape index (κ1) is 20.5. The summed E-state index contributed by atoms with van der Waals surface area (Å²) < 4.78 is 11.8. The van der Waals surface area contributed by atoms with Gasteiger partial charge in [-0.1, -0.05) is 12.0 Å². The average Bonchev–Trinajstić information content (AvgIpc) is 2.79. The van der Waals surface area contributed by atoms with Gasteiger partial charge in [-0.3, -0.25) is 4.79 Å². The zero-order chi connectivity index (χ0) is 21.8. The molecule has 0 spiro atoms. The van der Waals surface area contributed by atoms with Crippen LogP contribution in [0.2, 0.25) is 0 Å². The Morgan fingerprint density at radius 2 is 2.03 bits per heavy atom. The van der Waals surface area contributed by atoms with Crippen LogP contribution in [0.25, 0.3) is 10.9 Å². The molecule has 1 aliphatic rings. The number of rotatable bonds is 5. The van der Waals surface area contributed by atoms with Crippen LogP contribution in [0.4, 0.5) is 11.6 Å². The molecule has 0 atom stereocenters. The fraction of sp³-hybridized carbons (Fsp3) is 0.292. The second kappa shape index (κ2) is 8.92. The summed E-state index contributed by atoms with van der Waals surface area (Å²) in [5.74, 6) is 4.45. The molecule has 7 heteroatoms. The molecule has 2 aromatic carbocycles. The van der Waals surface area contributed by atoms with Crippen LogP contribution in [0.3, 0.4) is 0 Å². The lowest BCUT2D eigenvalue weighted by atomic mass is 10.1. The number of aromatic nitrogens is 2. The third kappa shape index (κ3) is 4.69. The first-order valence-electron chi connectivity index (χ1n) is 10.2. The third-order valence-electron chi connectivity index (χ3n) is 5.33. The van der Waals surface area contributed by atoms with E-state index >= 15 is 0 Å². The van der Waals surface area contributed by atoms with Gasteiger partial charge in [0.05, 0.1) is 12.6 Å². The Morgan fingerprint density at radius 1 is 1.23 bits per heavy atom. The van der Waals surface area contributed by atoms with Gasteiger partial charge in [-0.25, -0.2) is 9.97 Å². The number of methoxy groups -OCH3 is 1. The van der Waals surface area contributed by atoms with E-state index in [0.717, 1.165) is 35.0 Å². The van der Waals surface area contributed by atoms with Gasteiger partial charge in [0.15, 0.2) is 11.5 Å². The molecule has 1 aromatic heterocycles. The van der Waals surface area contributed by atoms with Crippen LogP contribution in [0.15, 0.2) is 42.6 Å². The molecule has 1 N–H and O–H groups in total. The number of ether oxygens (including phenoxy) is 2. The Balaban J connectivity index is 1.53. The van der Waals surface area contributed by atoms with Crippen LogP contribution < -0.4 is 14.8 Å². The number of carbonyl (C=O) groups excluding carboxylic acids is 1. The van der Waals surface area contributed by atoms with Crippen molar-refractivity contribution in [3.8, 4) is 23.8 Å². The smallest absolute Gasteiger partial charge is 0.227 e. The van der Waals surface area contributed by atoms with Crippen LogP contribution >= 0.6 is 0 Å². The number of carbonyl (C=O) groups is 1. The number of amides is 1. The predicted molar refractivity (Wildman–Crippen MR) is 120 cm³/mol. The Labute approximate surface area is 181 Å². The molecule has 31 heavy (non-hydrogen) atoms. The van der Waals surface area contributed by atoms with E-state index in [1.54, 1.807) is 20.2 Å². The van der Waals surface area contributed by atoms with Gasteiger partial charge in [-0.05, 0) is 24.3 Å². The van der Waals surface area contributed by atoms with Crippen molar-refractivity contribution < 1.29 is 14.3 Å². The Hall–Kier alpha value is -3.79. The third-order valence-corrected chi connectivity index (χ3v) is 5.33. The van der Waals surface area contributed by atoms with Gasteiger partial charge in [0.25, 0.3) is 0 Å². The highest BCUT2D eigenvalue weighted by atomic mass is 16.5. The van der Waals surface area contributed by atoms with E-state index in [2.05, 4.69) is 21.2 Å². The highest BCUT2D eigenvalue weighted by molar-refractivity contribution is 5.83. The van der Waals surface area contributed by atoms with E-state index in [9.17, 15) is 4.79 Å². The number of hydrogen-bond donors (Lipinski definition) is 1. The number of piperidine rings is 1. The number of benzene rings is 2. The minimum atomic E-state index is 0.0345. The van der Waals surface area contributed by atoms with Gasteiger partial charge < -0.3 is 19.7 Å². The Bertz CT molecular complexity index is 1150. The molecule has 1 fully saturated rings. The normalized spacial score (nSPS) is 14.2. The largest absolute Gasteiger partial charge is 0.493 e. The number of nitrogens with one attached hydrogen (secondary N) is 1. The van der Waals surface area contributed by atoms with Crippen molar-refractivity contribution in [3.05, 3.63) is 48.2 Å². The molecule has 0 bridgehead atoms. The Morgan fingerprint density at radius 3 is 2.74 bits per heavy atom. The molecule has 0 radical (unpaired) electrons. The van der Waals surface area contributed by atoms with Crippen molar-refractivity contribution >= 4 is 28.4 Å². The highest BCUT2D eigenvalue weighted by Crippen LogP contribution is 2.34. The molecule has 2 heterocycles. The van der Waals surface area contributed by atoms with Crippen molar-refractivity contribution in [2.45, 2.75) is 25.9 Å². The fourth-order valence-electron chi connectivity index (χ4n) is 3.63. The van der Waals surface area contributed by atoms with E-state index in [-0.39, 0.29) is 12.0 Å². The molecule has 158 valence electrons. The summed E-state index contributed by atoms with van der Waals surface area (Å²) in [7, 11) is 1.61. The minimum Gasteiger partial charge on any atom is -0.493 e. The van der Waals surface area contributed by atoms with Crippen LogP contribution in [-0.2, 0) is 4.79 Å². The second-order valence-electron chi connectivity index (χ2n) is 7.43. The van der Waals surface area contributed by atoms with Gasteiger partial charge in [-0.15, -0.1) is 6.42 Å². The summed E-state index contributed by atoms with van der Waals surface area (Å²) in [4.78, 5) is 22.4. The molecule has 1 amide bonds. The number of nitrogens with zero attached hydrogens (tertiary/aromatic N) is 3. The quantitative estimate of drug-likeness (QED) is 0.639. The topological polar surface area (TPSA) is 76.6 Å². The van der Waals surface area contributed by atoms with Crippen LogP contribution in [0.5, 0.6) is 11.5 Å². The van der Waals surface area contributed by atoms with E-state index in [0.29, 0.717) is 30.5 Å². The van der Waals surface area contributed by atoms with Crippen molar-refractivity contribution in [2.24, 2.45) is 0 Å². The van der Waals surface area contributed by atoms with Gasteiger partial charge in [0.2, 0.25) is 11.9 Å². The van der Waals surface area contributed by atoms with Gasteiger partial charge in [0.1, 0.15) is 6.10 Å². The predicted octanol–water partition coefficient (Wildman–Crippen LogP) is 3.75. The standard InChI is InChI=1S/C24H24N4O3/c1-4-17-6-5-7-19(12-17)26-24-25-15-18-13-23(22(30-3)14-21(18)27-24)31-20-8-10-28(11-9-20)16(2)29/h1,5-7,12-15,20H,8-11H2,2-3H3,(H,25,26,27). The Kier molecular flexibility index (Phi) is 5.89. The minimum absolute atomic E-state index is 0.0345. The lowest BCUT2D eigenvalue weighted by Gasteiger charge is -2.31. The van der Waals surface area contributed by atoms with E-state index in [1.807, 2.05) is 41.3 Å². The van der Waals surface area contributed by atoms with Crippen LogP contribution in [0.1, 0.15) is 25.3 Å². The molecule has 0 unspecified atom stereocenters. The molecule has 3 aromatic rings. The molecule has 0 aliphatic carbocycles. The maximum atomic E-state index is 11.5. The molecule has 1 saturated heterocycles. The molecule has 0 saturated carbocycles. The summed E-state index contributed by atoms with van der Waals surface area (Å²) in [6, 6.07) is 11.3. The molecule has 1 aliphatic heterocycles. The SMILES string of the molecule is C#Cc1cccc(Nc2ncc3cc(OC4CCN(C(C)=O)CC4)c(OC)cc3n2)c1. The maximum Gasteiger partial charge on any atom is 0.227 e. The maximum absolute atomic E-state index is 11.5. The molecular weight excluding hydrogens is 392 g/mol. The number of hydrogen-bond acceptors (Lipinski definition) is 6. The van der Waals surface area contributed by atoms with Crippen molar-refractivity contribution in [1.82, 2.24) is 14.9 Å². The number of fused-ring (bicyclic) bond motifs is 1. The molecule has 4 rings (SSSR count). The lowest BCUT2D eigenvalue weighted by Crippen LogP contribution is -2.40. The first-order chi connectivity index (χ1) is 15.1. The zero-order valence-electron chi connectivity index (χ0n) is 17.6. The number of terminal acetylenes is 1. The van der Waals surface area contributed by atoms with Crippen molar-refractivity contribution in [2.75, 3.05) is 25.5 Å². The van der Waals surface area contributed by atoms with E-state index in [1.165, 1.54) is 0 Å². The summed E-state index contributed by atoms with van der Waals surface area (Å²) in [5.41, 5.74) is 2.34. The van der Waals surface area contributed by atoms with Crippen LogP contribution in [0, 0.1) is 12.3 Å². The summed E-state index contributed by atoms with van der Waals surface area (Å²) in [5, 5.41) is 4.03. The van der Waals surface area contributed by atoms with Crippen LogP contribution in [-0.4, -0.2) is 47.1 Å². The zero-order valence-corrected chi connectivity index (χ0v) is 17.6. The fourth-order valence-corrected chi connectivity index (χ4v) is 3.63. The average molecular weight is 416 g/mol. The van der Waals surface area contributed by atoms with E-state index in [4.69, 9.17) is 15.9 Å². The van der Waals surface area contributed by atoms with E-state index < -0.39 is 0 Å². The highest BCUT2D eigenvalue weighted by Gasteiger charge is 2.23. The number of anilines is 2. The van der Waals surface area contributed by atoms with Gasteiger partial charge >= 0.3 is 0 Å².